The summed E-state index contributed by atoms with van der Waals surface area (Å²) in [5.74, 6) is -0.795. The molecule has 1 aromatic carbocycles. The molecule has 0 atom stereocenters. The van der Waals surface area contributed by atoms with Gasteiger partial charge in [0.1, 0.15) is 10.7 Å². The van der Waals surface area contributed by atoms with Crippen molar-refractivity contribution in [3.05, 3.63) is 24.0 Å². The van der Waals surface area contributed by atoms with Gasteiger partial charge in [-0.1, -0.05) is 0 Å². The predicted octanol–water partition coefficient (Wildman–Crippen LogP) is -0.0664. The minimum atomic E-state index is -3.87. The first-order valence-electron chi connectivity index (χ1n) is 6.84. The van der Waals surface area contributed by atoms with Crippen LogP contribution in [0, 0.1) is 5.82 Å². The number of nitrogens with zero attached hydrogens (tertiary/aromatic N) is 2. The Bertz CT molecular complexity index is 586. The zero-order valence-electron chi connectivity index (χ0n) is 12.0. The van der Waals surface area contributed by atoms with E-state index >= 15 is 0 Å². The highest BCUT2D eigenvalue weighted by atomic mass is 32.2. The number of benzene rings is 1. The highest BCUT2D eigenvalue weighted by Crippen LogP contribution is 2.17. The second-order valence-electron chi connectivity index (χ2n) is 5.23. The SMILES string of the molecule is CN1CCN(CCNS(=O)(=O)c2cc(N)ccc2F)CC1. The molecule has 1 aliphatic rings. The van der Waals surface area contributed by atoms with Crippen LogP contribution in [0.15, 0.2) is 23.1 Å². The second kappa shape index (κ2) is 6.69. The monoisotopic (exact) mass is 316 g/mol. The molecule has 118 valence electrons. The highest BCUT2D eigenvalue weighted by Gasteiger charge is 2.20. The molecule has 8 heteroatoms. The first-order chi connectivity index (χ1) is 9.88. The molecule has 0 amide bonds. The van der Waals surface area contributed by atoms with Crippen LogP contribution in [0.5, 0.6) is 0 Å². The first-order valence-corrected chi connectivity index (χ1v) is 8.32. The lowest BCUT2D eigenvalue weighted by Gasteiger charge is -2.32. The lowest BCUT2D eigenvalue weighted by Crippen LogP contribution is -2.46. The van der Waals surface area contributed by atoms with E-state index in [4.69, 9.17) is 5.73 Å². The summed E-state index contributed by atoms with van der Waals surface area (Å²) in [5.41, 5.74) is 5.73. The molecule has 0 spiro atoms. The Morgan fingerprint density at radius 2 is 1.95 bits per heavy atom. The van der Waals surface area contributed by atoms with Gasteiger partial charge in [-0.3, -0.25) is 4.90 Å². The van der Waals surface area contributed by atoms with Crippen molar-refractivity contribution in [1.82, 2.24) is 14.5 Å². The average molecular weight is 316 g/mol. The Kier molecular flexibility index (Phi) is 5.15. The van der Waals surface area contributed by atoms with Crippen molar-refractivity contribution in [1.29, 1.82) is 0 Å². The van der Waals surface area contributed by atoms with Crippen LogP contribution in [0.3, 0.4) is 0 Å². The van der Waals surface area contributed by atoms with Crippen LogP contribution >= 0.6 is 0 Å². The van der Waals surface area contributed by atoms with Gasteiger partial charge in [0.2, 0.25) is 10.0 Å². The minimum absolute atomic E-state index is 0.218. The Hall–Kier alpha value is -1.22. The number of nitrogen functional groups attached to an aromatic ring is 1. The molecule has 1 heterocycles. The van der Waals surface area contributed by atoms with Crippen LogP contribution in [-0.4, -0.2) is 64.5 Å². The smallest absolute Gasteiger partial charge is 0.243 e. The molecule has 0 saturated carbocycles. The minimum Gasteiger partial charge on any atom is -0.399 e. The average Bonchev–Trinajstić information content (AvgIpc) is 2.43. The standard InChI is InChI=1S/C13H21FN4O2S/c1-17-6-8-18(9-7-17)5-4-16-21(19,20)13-10-11(15)2-3-12(13)14/h2-3,10,16H,4-9,15H2,1H3. The van der Waals surface area contributed by atoms with Gasteiger partial charge < -0.3 is 10.6 Å². The molecule has 2 rings (SSSR count). The third-order valence-corrected chi connectivity index (χ3v) is 5.04. The van der Waals surface area contributed by atoms with Crippen molar-refractivity contribution in [2.75, 3.05) is 52.0 Å². The fraction of sp³-hybridized carbons (Fsp3) is 0.538. The van der Waals surface area contributed by atoms with Gasteiger partial charge in [-0.2, -0.15) is 0 Å². The van der Waals surface area contributed by atoms with E-state index in [1.165, 1.54) is 6.07 Å². The van der Waals surface area contributed by atoms with E-state index in [1.54, 1.807) is 0 Å². The molecule has 3 N–H and O–H groups in total. The number of sulfonamides is 1. The molecular formula is C13H21FN4O2S. The third-order valence-electron chi connectivity index (χ3n) is 3.56. The van der Waals surface area contributed by atoms with Gasteiger partial charge in [-0.15, -0.1) is 0 Å². The van der Waals surface area contributed by atoms with E-state index < -0.39 is 20.7 Å². The molecule has 1 aliphatic heterocycles. The molecular weight excluding hydrogens is 295 g/mol. The summed E-state index contributed by atoms with van der Waals surface area (Å²) >= 11 is 0. The van der Waals surface area contributed by atoms with Crippen molar-refractivity contribution < 1.29 is 12.8 Å². The Balaban J connectivity index is 1.91. The van der Waals surface area contributed by atoms with Crippen LogP contribution in [0.1, 0.15) is 0 Å². The van der Waals surface area contributed by atoms with Gasteiger partial charge >= 0.3 is 0 Å². The summed E-state index contributed by atoms with van der Waals surface area (Å²) in [7, 11) is -1.81. The summed E-state index contributed by atoms with van der Waals surface area (Å²) < 4.78 is 40.2. The maximum absolute atomic E-state index is 13.6. The van der Waals surface area contributed by atoms with Crippen molar-refractivity contribution in [2.24, 2.45) is 0 Å². The number of likely N-dealkylation sites (N-methyl/N-ethyl adjacent to an activating group) is 1. The summed E-state index contributed by atoms with van der Waals surface area (Å²) in [4.78, 5) is 4.00. The van der Waals surface area contributed by atoms with Crippen molar-refractivity contribution in [2.45, 2.75) is 4.90 Å². The summed E-state index contributed by atoms with van der Waals surface area (Å²) in [6.45, 7) is 4.61. The Morgan fingerprint density at radius 3 is 2.62 bits per heavy atom. The number of nitrogens with two attached hydrogens (primary N) is 1. The number of rotatable bonds is 5. The maximum atomic E-state index is 13.6. The van der Waals surface area contributed by atoms with Crippen LogP contribution < -0.4 is 10.5 Å². The van der Waals surface area contributed by atoms with Gasteiger partial charge in [0.25, 0.3) is 0 Å². The molecule has 6 nitrogen and oxygen atoms in total. The van der Waals surface area contributed by atoms with Crippen molar-refractivity contribution in [3.8, 4) is 0 Å². The number of anilines is 1. The molecule has 0 radical (unpaired) electrons. The fourth-order valence-corrected chi connectivity index (χ4v) is 3.34. The normalized spacial score (nSPS) is 18.0. The number of hydrogen-bond donors (Lipinski definition) is 2. The summed E-state index contributed by atoms with van der Waals surface area (Å²) in [6, 6.07) is 3.52. The van der Waals surface area contributed by atoms with Gasteiger partial charge in [-0.05, 0) is 25.2 Å². The van der Waals surface area contributed by atoms with Crippen molar-refractivity contribution in [3.63, 3.8) is 0 Å². The van der Waals surface area contributed by atoms with Crippen LogP contribution in [0.25, 0.3) is 0 Å². The van der Waals surface area contributed by atoms with Crippen LogP contribution in [0.2, 0.25) is 0 Å². The first kappa shape index (κ1) is 16.2. The Labute approximate surface area is 124 Å². The van der Waals surface area contributed by atoms with Gasteiger partial charge in [-0.25, -0.2) is 17.5 Å². The zero-order chi connectivity index (χ0) is 15.5. The van der Waals surface area contributed by atoms with Gasteiger partial charge in [0.05, 0.1) is 0 Å². The summed E-state index contributed by atoms with van der Waals surface area (Å²) in [5, 5.41) is 0. The van der Waals surface area contributed by atoms with Crippen LogP contribution in [0.4, 0.5) is 10.1 Å². The van der Waals surface area contributed by atoms with E-state index in [2.05, 4.69) is 21.6 Å². The summed E-state index contributed by atoms with van der Waals surface area (Å²) in [6.07, 6.45) is 0. The van der Waals surface area contributed by atoms with Crippen molar-refractivity contribution >= 4 is 15.7 Å². The van der Waals surface area contributed by atoms with Gasteiger partial charge in [0.15, 0.2) is 0 Å². The largest absolute Gasteiger partial charge is 0.399 e. The second-order valence-corrected chi connectivity index (χ2v) is 6.97. The molecule has 0 bridgehead atoms. The Morgan fingerprint density at radius 1 is 1.29 bits per heavy atom. The molecule has 1 saturated heterocycles. The van der Waals surface area contributed by atoms with E-state index in [0.29, 0.717) is 6.54 Å². The van der Waals surface area contributed by atoms with Crippen LogP contribution in [-0.2, 0) is 10.0 Å². The van der Waals surface area contributed by atoms with E-state index in [1.807, 2.05) is 0 Å². The number of hydrogen-bond acceptors (Lipinski definition) is 5. The third kappa shape index (κ3) is 4.37. The lowest BCUT2D eigenvalue weighted by atomic mass is 10.3. The molecule has 1 fully saturated rings. The molecule has 1 aromatic rings. The van der Waals surface area contributed by atoms with E-state index in [-0.39, 0.29) is 12.2 Å². The number of piperazine rings is 1. The fourth-order valence-electron chi connectivity index (χ4n) is 2.21. The zero-order valence-corrected chi connectivity index (χ0v) is 12.9. The number of nitrogens with one attached hydrogen (secondary N) is 1. The topological polar surface area (TPSA) is 78.7 Å². The molecule has 0 aromatic heterocycles. The maximum Gasteiger partial charge on any atom is 0.243 e. The molecule has 21 heavy (non-hydrogen) atoms. The number of halogens is 1. The quantitative estimate of drug-likeness (QED) is 0.744. The van der Waals surface area contributed by atoms with Gasteiger partial charge in [0, 0.05) is 45.0 Å². The van der Waals surface area contributed by atoms with E-state index in [9.17, 15) is 12.8 Å². The highest BCUT2D eigenvalue weighted by molar-refractivity contribution is 7.89. The predicted molar refractivity (Wildman–Crippen MR) is 79.9 cm³/mol. The lowest BCUT2D eigenvalue weighted by molar-refractivity contribution is 0.156. The molecule has 0 unspecified atom stereocenters. The van der Waals surface area contributed by atoms with E-state index in [0.717, 1.165) is 38.3 Å². The molecule has 0 aliphatic carbocycles.